The number of ether oxygens (including phenoxy) is 1. The second-order valence-electron chi connectivity index (χ2n) is 4.30. The van der Waals surface area contributed by atoms with E-state index in [4.69, 9.17) is 4.74 Å². The van der Waals surface area contributed by atoms with Crippen molar-refractivity contribution in [1.29, 1.82) is 0 Å². The summed E-state index contributed by atoms with van der Waals surface area (Å²) in [6, 6.07) is 0. The molecule has 0 aromatic carbocycles. The Morgan fingerprint density at radius 1 is 1.21 bits per heavy atom. The van der Waals surface area contributed by atoms with Gasteiger partial charge in [0.05, 0.1) is 19.8 Å². The SMILES string of the molecule is CNc1nc(-c2csc(CN3CCOCC3)n2)cs1. The van der Waals surface area contributed by atoms with E-state index in [0.717, 1.165) is 54.4 Å². The summed E-state index contributed by atoms with van der Waals surface area (Å²) >= 11 is 3.31. The number of nitrogens with one attached hydrogen (secondary N) is 1. The van der Waals surface area contributed by atoms with Gasteiger partial charge in [0.25, 0.3) is 0 Å². The highest BCUT2D eigenvalue weighted by atomic mass is 32.1. The third kappa shape index (κ3) is 3.11. The van der Waals surface area contributed by atoms with E-state index < -0.39 is 0 Å². The lowest BCUT2D eigenvalue weighted by molar-refractivity contribution is 0.0342. The van der Waals surface area contributed by atoms with Crippen molar-refractivity contribution in [1.82, 2.24) is 14.9 Å². The summed E-state index contributed by atoms with van der Waals surface area (Å²) in [5.74, 6) is 0. The second kappa shape index (κ2) is 5.96. The van der Waals surface area contributed by atoms with Crippen LogP contribution in [0.3, 0.4) is 0 Å². The van der Waals surface area contributed by atoms with Crippen molar-refractivity contribution in [2.24, 2.45) is 0 Å². The van der Waals surface area contributed by atoms with E-state index in [1.165, 1.54) is 0 Å². The van der Waals surface area contributed by atoms with E-state index in [2.05, 4.69) is 25.6 Å². The third-order valence-electron chi connectivity index (χ3n) is 2.99. The quantitative estimate of drug-likeness (QED) is 0.937. The van der Waals surface area contributed by atoms with Gasteiger partial charge in [0.15, 0.2) is 5.13 Å². The molecule has 3 heterocycles. The number of morpholine rings is 1. The first-order valence-corrected chi connectivity index (χ1v) is 7.99. The molecule has 1 saturated heterocycles. The first kappa shape index (κ1) is 13.0. The molecule has 1 aliphatic heterocycles. The van der Waals surface area contributed by atoms with Gasteiger partial charge in [0.2, 0.25) is 0 Å². The van der Waals surface area contributed by atoms with Crippen molar-refractivity contribution in [3.63, 3.8) is 0 Å². The maximum Gasteiger partial charge on any atom is 0.183 e. The topological polar surface area (TPSA) is 50.3 Å². The molecule has 1 fully saturated rings. The predicted octanol–water partition coefficient (Wildman–Crippen LogP) is 2.14. The lowest BCUT2D eigenvalue weighted by Crippen LogP contribution is -2.35. The van der Waals surface area contributed by atoms with E-state index in [-0.39, 0.29) is 0 Å². The van der Waals surface area contributed by atoms with E-state index >= 15 is 0 Å². The van der Waals surface area contributed by atoms with Crippen LogP contribution < -0.4 is 5.32 Å². The number of rotatable bonds is 4. The molecule has 0 unspecified atom stereocenters. The van der Waals surface area contributed by atoms with E-state index in [1.54, 1.807) is 22.7 Å². The van der Waals surface area contributed by atoms with Crippen LogP contribution in [0.1, 0.15) is 5.01 Å². The average molecular weight is 296 g/mol. The minimum atomic E-state index is 0.829. The molecule has 0 spiro atoms. The molecule has 0 amide bonds. The Hall–Kier alpha value is -1.02. The Morgan fingerprint density at radius 3 is 2.68 bits per heavy atom. The average Bonchev–Trinajstić information content (AvgIpc) is 3.08. The normalized spacial score (nSPS) is 16.7. The molecule has 102 valence electrons. The van der Waals surface area contributed by atoms with Gasteiger partial charge in [-0.25, -0.2) is 9.97 Å². The number of hydrogen-bond acceptors (Lipinski definition) is 7. The molecular weight excluding hydrogens is 280 g/mol. The number of thiazole rings is 2. The van der Waals surface area contributed by atoms with Crippen LogP contribution in [-0.4, -0.2) is 48.2 Å². The fourth-order valence-electron chi connectivity index (χ4n) is 1.96. The molecule has 0 radical (unpaired) electrons. The molecule has 0 aliphatic carbocycles. The Kier molecular flexibility index (Phi) is 4.07. The van der Waals surface area contributed by atoms with E-state index in [0.29, 0.717) is 0 Å². The van der Waals surface area contributed by atoms with Crippen LogP contribution in [0.5, 0.6) is 0 Å². The van der Waals surface area contributed by atoms with Gasteiger partial charge in [-0.1, -0.05) is 0 Å². The molecule has 2 aromatic heterocycles. The van der Waals surface area contributed by atoms with Crippen molar-refractivity contribution in [3.05, 3.63) is 15.8 Å². The molecule has 0 atom stereocenters. The molecule has 19 heavy (non-hydrogen) atoms. The molecule has 2 aromatic rings. The Morgan fingerprint density at radius 2 is 1.95 bits per heavy atom. The molecule has 0 saturated carbocycles. The molecular formula is C12H16N4OS2. The zero-order valence-corrected chi connectivity index (χ0v) is 12.4. The predicted molar refractivity (Wildman–Crippen MR) is 78.9 cm³/mol. The van der Waals surface area contributed by atoms with Crippen LogP contribution in [0, 0.1) is 0 Å². The van der Waals surface area contributed by atoms with Crippen LogP contribution in [0.4, 0.5) is 5.13 Å². The number of anilines is 1. The van der Waals surface area contributed by atoms with Crippen LogP contribution in [0.2, 0.25) is 0 Å². The van der Waals surface area contributed by atoms with Gasteiger partial charge >= 0.3 is 0 Å². The monoisotopic (exact) mass is 296 g/mol. The lowest BCUT2D eigenvalue weighted by atomic mass is 10.4. The molecule has 1 N–H and O–H groups in total. The van der Waals surface area contributed by atoms with Gasteiger partial charge in [0.1, 0.15) is 16.4 Å². The van der Waals surface area contributed by atoms with Gasteiger partial charge in [-0.2, -0.15) is 0 Å². The standard InChI is InChI=1S/C12H16N4OS2/c1-13-12-15-10(8-19-12)9-7-18-11(14-9)6-16-2-4-17-5-3-16/h7-8H,2-6H2,1H3,(H,13,15). The highest BCUT2D eigenvalue weighted by Crippen LogP contribution is 2.26. The summed E-state index contributed by atoms with van der Waals surface area (Å²) in [6.45, 7) is 4.56. The van der Waals surface area contributed by atoms with Gasteiger partial charge in [-0.15, -0.1) is 22.7 Å². The zero-order chi connectivity index (χ0) is 13.1. The fraction of sp³-hybridized carbons (Fsp3) is 0.500. The number of aromatic nitrogens is 2. The first-order valence-electron chi connectivity index (χ1n) is 6.23. The van der Waals surface area contributed by atoms with Crippen molar-refractivity contribution in [2.45, 2.75) is 6.54 Å². The minimum absolute atomic E-state index is 0.829. The van der Waals surface area contributed by atoms with Crippen molar-refractivity contribution in [2.75, 3.05) is 38.7 Å². The molecule has 1 aliphatic rings. The van der Waals surface area contributed by atoms with Gasteiger partial charge < -0.3 is 10.1 Å². The molecule has 0 bridgehead atoms. The van der Waals surface area contributed by atoms with Crippen LogP contribution in [0.15, 0.2) is 10.8 Å². The van der Waals surface area contributed by atoms with Crippen LogP contribution in [0.25, 0.3) is 11.4 Å². The minimum Gasteiger partial charge on any atom is -0.379 e. The highest BCUT2D eigenvalue weighted by molar-refractivity contribution is 7.14. The Bertz CT molecular complexity index is 533. The third-order valence-corrected chi connectivity index (χ3v) is 4.69. The summed E-state index contributed by atoms with van der Waals surface area (Å²) in [4.78, 5) is 11.5. The summed E-state index contributed by atoms with van der Waals surface area (Å²) in [7, 11) is 1.88. The number of hydrogen-bond donors (Lipinski definition) is 1. The Labute approximate surface area is 120 Å². The van der Waals surface area contributed by atoms with E-state index in [9.17, 15) is 0 Å². The maximum absolute atomic E-state index is 5.35. The maximum atomic E-state index is 5.35. The highest BCUT2D eigenvalue weighted by Gasteiger charge is 2.14. The van der Waals surface area contributed by atoms with Gasteiger partial charge in [-0.3, -0.25) is 4.90 Å². The number of nitrogens with zero attached hydrogens (tertiary/aromatic N) is 3. The summed E-state index contributed by atoms with van der Waals surface area (Å²) in [6.07, 6.45) is 0. The fourth-order valence-corrected chi connectivity index (χ4v) is 3.45. The van der Waals surface area contributed by atoms with E-state index in [1.807, 2.05) is 12.4 Å². The molecule has 7 heteroatoms. The molecule has 5 nitrogen and oxygen atoms in total. The summed E-state index contributed by atoms with van der Waals surface area (Å²) < 4.78 is 5.35. The second-order valence-corrected chi connectivity index (χ2v) is 6.10. The molecule has 3 rings (SSSR count). The summed E-state index contributed by atoms with van der Waals surface area (Å²) in [5, 5.41) is 9.26. The van der Waals surface area contributed by atoms with Crippen molar-refractivity contribution >= 4 is 27.8 Å². The van der Waals surface area contributed by atoms with Crippen molar-refractivity contribution < 1.29 is 4.74 Å². The zero-order valence-electron chi connectivity index (χ0n) is 10.8. The van der Waals surface area contributed by atoms with Gasteiger partial charge in [-0.05, 0) is 0 Å². The van der Waals surface area contributed by atoms with Gasteiger partial charge in [0, 0.05) is 30.9 Å². The van der Waals surface area contributed by atoms with Crippen LogP contribution >= 0.6 is 22.7 Å². The largest absolute Gasteiger partial charge is 0.379 e. The smallest absolute Gasteiger partial charge is 0.183 e. The van der Waals surface area contributed by atoms with Crippen LogP contribution in [-0.2, 0) is 11.3 Å². The lowest BCUT2D eigenvalue weighted by Gasteiger charge is -2.25. The Balaban J connectivity index is 1.68. The van der Waals surface area contributed by atoms with Crippen molar-refractivity contribution in [3.8, 4) is 11.4 Å². The summed E-state index contributed by atoms with van der Waals surface area (Å²) in [5.41, 5.74) is 1.94. The first-order chi connectivity index (χ1) is 9.35.